The Morgan fingerprint density at radius 3 is 2.60 bits per heavy atom. The highest BCUT2D eigenvalue weighted by molar-refractivity contribution is 5.78. The van der Waals surface area contributed by atoms with Crippen molar-refractivity contribution >= 4 is 5.97 Å². The van der Waals surface area contributed by atoms with Gasteiger partial charge in [0, 0.05) is 12.4 Å². The van der Waals surface area contributed by atoms with Crippen molar-refractivity contribution < 1.29 is 9.53 Å². The molecule has 0 aliphatic rings. The van der Waals surface area contributed by atoms with Crippen LogP contribution < -0.4 is 0 Å². The molecule has 0 bridgehead atoms. The molecule has 15 heavy (non-hydrogen) atoms. The van der Waals surface area contributed by atoms with Gasteiger partial charge in [0.15, 0.2) is 0 Å². The van der Waals surface area contributed by atoms with E-state index >= 15 is 0 Å². The molecular weight excluding hydrogens is 190 g/mol. The van der Waals surface area contributed by atoms with Gasteiger partial charge in [-0.2, -0.15) is 0 Å². The zero-order chi connectivity index (χ0) is 11.4. The minimum absolute atomic E-state index is 0.193. The second kappa shape index (κ2) is 4.91. The number of hydrogen-bond donors (Lipinski definition) is 0. The van der Waals surface area contributed by atoms with Crippen LogP contribution >= 0.6 is 0 Å². The molecule has 0 N–H and O–H groups in total. The van der Waals surface area contributed by atoms with Crippen LogP contribution in [0.25, 0.3) is 0 Å². The van der Waals surface area contributed by atoms with E-state index in [1.165, 1.54) is 7.11 Å². The Morgan fingerprint density at radius 1 is 1.47 bits per heavy atom. The third-order valence-electron chi connectivity index (χ3n) is 2.54. The van der Waals surface area contributed by atoms with E-state index in [1.54, 1.807) is 12.4 Å². The van der Waals surface area contributed by atoms with Gasteiger partial charge in [-0.15, -0.1) is 0 Å². The van der Waals surface area contributed by atoms with E-state index in [0.29, 0.717) is 0 Å². The topological polar surface area (TPSA) is 39.2 Å². The Balaban J connectivity index is 3.10. The summed E-state index contributed by atoms with van der Waals surface area (Å²) in [6, 6.07) is 1.91. The third kappa shape index (κ3) is 2.55. The van der Waals surface area contributed by atoms with Crippen LogP contribution in [0.4, 0.5) is 0 Å². The van der Waals surface area contributed by atoms with E-state index in [1.807, 2.05) is 26.8 Å². The zero-order valence-electron chi connectivity index (χ0n) is 9.65. The van der Waals surface area contributed by atoms with Crippen molar-refractivity contribution in [2.45, 2.75) is 26.7 Å². The summed E-state index contributed by atoms with van der Waals surface area (Å²) in [7, 11) is 1.42. The Morgan fingerprint density at radius 2 is 2.13 bits per heavy atom. The predicted octanol–water partition coefficient (Wildman–Crippen LogP) is 2.30. The molecule has 0 radical (unpaired) electrons. The molecule has 1 heterocycles. The first-order valence-electron chi connectivity index (χ1n) is 5.06. The average Bonchev–Trinajstić information content (AvgIpc) is 2.20. The molecule has 0 fully saturated rings. The number of esters is 1. The second-order valence-electron chi connectivity index (χ2n) is 3.98. The maximum Gasteiger partial charge on any atom is 0.313 e. The van der Waals surface area contributed by atoms with Gasteiger partial charge in [0.2, 0.25) is 0 Å². The van der Waals surface area contributed by atoms with Crippen molar-refractivity contribution in [1.29, 1.82) is 0 Å². The van der Waals surface area contributed by atoms with Gasteiger partial charge in [0.25, 0.3) is 0 Å². The van der Waals surface area contributed by atoms with Gasteiger partial charge in [-0.05, 0) is 30.0 Å². The number of ether oxygens (including phenoxy) is 1. The smallest absolute Gasteiger partial charge is 0.313 e. The standard InChI is InChI=1S/C12H17NO2/c1-8(2)11(12(14)15-4)10-7-13-6-5-9(10)3/h5-8,11H,1-4H3. The fraction of sp³-hybridized carbons (Fsp3) is 0.500. The first kappa shape index (κ1) is 11.7. The molecule has 1 unspecified atom stereocenters. The van der Waals surface area contributed by atoms with Gasteiger partial charge < -0.3 is 4.74 Å². The maximum atomic E-state index is 11.7. The Bertz CT molecular complexity index is 347. The monoisotopic (exact) mass is 207 g/mol. The van der Waals surface area contributed by atoms with Crippen molar-refractivity contribution in [2.75, 3.05) is 7.11 Å². The van der Waals surface area contributed by atoms with Crippen LogP contribution in [0.1, 0.15) is 30.9 Å². The van der Waals surface area contributed by atoms with Crippen molar-refractivity contribution in [3.63, 3.8) is 0 Å². The molecule has 3 heteroatoms. The van der Waals surface area contributed by atoms with Crippen LogP contribution in [0.2, 0.25) is 0 Å². The SMILES string of the molecule is COC(=O)C(c1cnccc1C)C(C)C. The first-order chi connectivity index (χ1) is 7.07. The Kier molecular flexibility index (Phi) is 3.83. The lowest BCUT2D eigenvalue weighted by Gasteiger charge is -2.19. The summed E-state index contributed by atoms with van der Waals surface area (Å²) in [6.45, 7) is 6.00. The molecule has 0 saturated carbocycles. The van der Waals surface area contributed by atoms with Crippen LogP contribution in [0.3, 0.4) is 0 Å². The fourth-order valence-electron chi connectivity index (χ4n) is 1.69. The van der Waals surface area contributed by atoms with E-state index < -0.39 is 0 Å². The van der Waals surface area contributed by atoms with Gasteiger partial charge in [-0.1, -0.05) is 13.8 Å². The number of aryl methyl sites for hydroxylation is 1. The molecule has 0 spiro atoms. The number of carbonyl (C=O) groups excluding carboxylic acids is 1. The van der Waals surface area contributed by atoms with Crippen molar-refractivity contribution in [1.82, 2.24) is 4.98 Å². The second-order valence-corrected chi connectivity index (χ2v) is 3.98. The summed E-state index contributed by atoms with van der Waals surface area (Å²) in [6.07, 6.45) is 3.48. The largest absolute Gasteiger partial charge is 0.469 e. The highest BCUT2D eigenvalue weighted by Gasteiger charge is 2.26. The quantitative estimate of drug-likeness (QED) is 0.714. The van der Waals surface area contributed by atoms with Crippen molar-refractivity contribution in [2.24, 2.45) is 5.92 Å². The summed E-state index contributed by atoms with van der Waals surface area (Å²) in [5, 5.41) is 0. The Labute approximate surface area is 90.5 Å². The molecule has 1 atom stereocenters. The summed E-state index contributed by atoms with van der Waals surface area (Å²) >= 11 is 0. The van der Waals surface area contributed by atoms with E-state index in [0.717, 1.165) is 11.1 Å². The number of rotatable bonds is 3. The number of carbonyl (C=O) groups is 1. The lowest BCUT2D eigenvalue weighted by Crippen LogP contribution is -2.20. The number of methoxy groups -OCH3 is 1. The summed E-state index contributed by atoms with van der Waals surface area (Å²) in [5.74, 6) is -0.204. The van der Waals surface area contributed by atoms with E-state index in [4.69, 9.17) is 4.74 Å². The normalized spacial score (nSPS) is 12.6. The van der Waals surface area contributed by atoms with Crippen LogP contribution in [0, 0.1) is 12.8 Å². The summed E-state index contributed by atoms with van der Waals surface area (Å²) < 4.78 is 4.82. The molecule has 1 aromatic rings. The Hall–Kier alpha value is -1.38. The molecule has 3 nitrogen and oxygen atoms in total. The highest BCUT2D eigenvalue weighted by Crippen LogP contribution is 2.27. The molecule has 82 valence electrons. The van der Waals surface area contributed by atoms with Crippen LogP contribution in [0.5, 0.6) is 0 Å². The minimum Gasteiger partial charge on any atom is -0.469 e. The number of nitrogens with zero attached hydrogens (tertiary/aromatic N) is 1. The van der Waals surface area contributed by atoms with Gasteiger partial charge in [0.05, 0.1) is 13.0 Å². The molecule has 0 aliphatic carbocycles. The molecule has 0 amide bonds. The van der Waals surface area contributed by atoms with E-state index in [9.17, 15) is 4.79 Å². The number of aromatic nitrogens is 1. The van der Waals surface area contributed by atoms with Gasteiger partial charge in [0.1, 0.15) is 0 Å². The average molecular weight is 207 g/mol. The molecule has 0 saturated heterocycles. The zero-order valence-corrected chi connectivity index (χ0v) is 9.65. The van der Waals surface area contributed by atoms with Gasteiger partial charge >= 0.3 is 5.97 Å². The number of pyridine rings is 1. The van der Waals surface area contributed by atoms with E-state index in [2.05, 4.69) is 4.98 Å². The van der Waals surface area contributed by atoms with Crippen LogP contribution in [-0.2, 0) is 9.53 Å². The van der Waals surface area contributed by atoms with Gasteiger partial charge in [-0.25, -0.2) is 0 Å². The minimum atomic E-state index is -0.219. The van der Waals surface area contributed by atoms with Crippen LogP contribution in [0.15, 0.2) is 18.5 Å². The fourth-order valence-corrected chi connectivity index (χ4v) is 1.69. The molecule has 1 aromatic heterocycles. The molecular formula is C12H17NO2. The first-order valence-corrected chi connectivity index (χ1v) is 5.06. The lowest BCUT2D eigenvalue weighted by atomic mass is 9.87. The van der Waals surface area contributed by atoms with E-state index in [-0.39, 0.29) is 17.8 Å². The van der Waals surface area contributed by atoms with Crippen molar-refractivity contribution in [3.05, 3.63) is 29.6 Å². The van der Waals surface area contributed by atoms with Crippen molar-refractivity contribution in [3.8, 4) is 0 Å². The maximum absolute atomic E-state index is 11.7. The van der Waals surface area contributed by atoms with Gasteiger partial charge in [-0.3, -0.25) is 9.78 Å². The molecule has 1 rings (SSSR count). The lowest BCUT2D eigenvalue weighted by molar-refractivity contribution is -0.143. The predicted molar refractivity (Wildman–Crippen MR) is 58.6 cm³/mol. The third-order valence-corrected chi connectivity index (χ3v) is 2.54. The highest BCUT2D eigenvalue weighted by atomic mass is 16.5. The molecule has 0 aromatic carbocycles. The number of hydrogen-bond acceptors (Lipinski definition) is 3. The summed E-state index contributed by atoms with van der Waals surface area (Å²) in [4.78, 5) is 15.7. The molecule has 0 aliphatic heterocycles. The summed E-state index contributed by atoms with van der Waals surface area (Å²) in [5.41, 5.74) is 2.04. The van der Waals surface area contributed by atoms with Crippen LogP contribution in [-0.4, -0.2) is 18.1 Å².